The summed E-state index contributed by atoms with van der Waals surface area (Å²) in [6.45, 7) is 8.66. The van der Waals surface area contributed by atoms with Crippen molar-refractivity contribution in [1.82, 2.24) is 0 Å². The highest BCUT2D eigenvalue weighted by molar-refractivity contribution is 5.88. The number of hydrogen-bond acceptors (Lipinski definition) is 2. The van der Waals surface area contributed by atoms with Crippen molar-refractivity contribution in [2.24, 2.45) is 11.3 Å². The lowest BCUT2D eigenvalue weighted by Crippen LogP contribution is -2.25. The van der Waals surface area contributed by atoms with Gasteiger partial charge in [-0.1, -0.05) is 27.7 Å². The van der Waals surface area contributed by atoms with Crippen molar-refractivity contribution in [2.45, 2.75) is 27.7 Å². The van der Waals surface area contributed by atoms with Gasteiger partial charge in [0.25, 0.3) is 0 Å². The van der Waals surface area contributed by atoms with Gasteiger partial charge in [0.2, 0.25) is 0 Å². The van der Waals surface area contributed by atoms with Gasteiger partial charge in [0.15, 0.2) is 11.6 Å². The molecule has 1 rings (SSSR count). The number of rotatable bonds is 4. The number of nitrogens with one attached hydrogen (secondary N) is 1. The maximum atomic E-state index is 13.7. The molecular weight excluding hydrogens is 252 g/mol. The lowest BCUT2D eigenvalue weighted by Gasteiger charge is -2.27. The van der Waals surface area contributed by atoms with E-state index in [4.69, 9.17) is 5.11 Å². The van der Waals surface area contributed by atoms with E-state index in [1.807, 2.05) is 6.92 Å². The molecule has 1 aromatic rings. The summed E-state index contributed by atoms with van der Waals surface area (Å²) in [4.78, 5) is 10.7. The number of aromatic carboxylic acids is 1. The molecule has 2 N–H and O–H groups in total. The number of carboxylic acid groups (broad SMARTS) is 1. The highest BCUT2D eigenvalue weighted by Crippen LogP contribution is 2.27. The van der Waals surface area contributed by atoms with Crippen LogP contribution in [-0.2, 0) is 0 Å². The van der Waals surface area contributed by atoms with E-state index in [1.165, 1.54) is 6.07 Å². The third-order valence-corrected chi connectivity index (χ3v) is 3.39. The van der Waals surface area contributed by atoms with Crippen molar-refractivity contribution >= 4 is 11.7 Å². The van der Waals surface area contributed by atoms with E-state index >= 15 is 0 Å². The van der Waals surface area contributed by atoms with Gasteiger partial charge in [-0.25, -0.2) is 13.6 Å². The van der Waals surface area contributed by atoms with E-state index in [0.717, 1.165) is 6.07 Å². The molecule has 1 unspecified atom stereocenters. The minimum absolute atomic E-state index is 0.0152. The molecule has 0 aliphatic heterocycles. The van der Waals surface area contributed by atoms with Crippen molar-refractivity contribution in [3.05, 3.63) is 29.3 Å². The van der Waals surface area contributed by atoms with E-state index < -0.39 is 23.2 Å². The summed E-state index contributed by atoms with van der Waals surface area (Å²) in [6.07, 6.45) is 0. The second-order valence-corrected chi connectivity index (χ2v) is 5.74. The maximum Gasteiger partial charge on any atom is 0.338 e. The van der Waals surface area contributed by atoms with Gasteiger partial charge in [0, 0.05) is 6.54 Å². The van der Waals surface area contributed by atoms with Gasteiger partial charge in [-0.3, -0.25) is 0 Å². The van der Waals surface area contributed by atoms with Crippen LogP contribution in [0.5, 0.6) is 0 Å². The molecule has 19 heavy (non-hydrogen) atoms. The summed E-state index contributed by atoms with van der Waals surface area (Å²) < 4.78 is 27.1. The fraction of sp³-hybridized carbons (Fsp3) is 0.500. The highest BCUT2D eigenvalue weighted by atomic mass is 19.2. The number of benzene rings is 1. The average molecular weight is 271 g/mol. The zero-order valence-corrected chi connectivity index (χ0v) is 11.6. The molecule has 106 valence electrons. The number of carboxylic acids is 1. The first-order valence-electron chi connectivity index (χ1n) is 6.09. The summed E-state index contributed by atoms with van der Waals surface area (Å²) in [5.41, 5.74) is -0.631. The molecule has 1 atom stereocenters. The summed E-state index contributed by atoms with van der Waals surface area (Å²) in [7, 11) is 0. The molecule has 0 saturated heterocycles. The maximum absolute atomic E-state index is 13.7. The SMILES string of the molecule is CC(CNc1ccc(C(=O)O)c(F)c1F)C(C)(C)C. The first-order valence-corrected chi connectivity index (χ1v) is 6.09. The molecule has 0 saturated carbocycles. The molecule has 0 aliphatic carbocycles. The molecule has 0 spiro atoms. The van der Waals surface area contributed by atoms with Crippen LogP contribution in [0.3, 0.4) is 0 Å². The molecular formula is C14H19F2NO2. The first-order chi connectivity index (χ1) is 8.64. The predicted molar refractivity (Wildman–Crippen MR) is 70.4 cm³/mol. The Balaban J connectivity index is 2.87. The van der Waals surface area contributed by atoms with E-state index in [9.17, 15) is 13.6 Å². The molecule has 0 amide bonds. The Morgan fingerprint density at radius 3 is 2.37 bits per heavy atom. The van der Waals surface area contributed by atoms with Gasteiger partial charge in [0.05, 0.1) is 11.3 Å². The normalized spacial score (nSPS) is 13.2. The second-order valence-electron chi connectivity index (χ2n) is 5.74. The smallest absolute Gasteiger partial charge is 0.338 e. The third kappa shape index (κ3) is 3.66. The van der Waals surface area contributed by atoms with Crippen molar-refractivity contribution in [3.8, 4) is 0 Å². The molecule has 0 radical (unpaired) electrons. The van der Waals surface area contributed by atoms with Crippen LogP contribution in [0, 0.1) is 23.0 Å². The highest BCUT2D eigenvalue weighted by Gasteiger charge is 2.21. The van der Waals surface area contributed by atoms with Crippen LogP contribution < -0.4 is 5.32 Å². The van der Waals surface area contributed by atoms with Crippen molar-refractivity contribution in [3.63, 3.8) is 0 Å². The van der Waals surface area contributed by atoms with Crippen molar-refractivity contribution < 1.29 is 18.7 Å². The van der Waals surface area contributed by atoms with Crippen LogP contribution in [0.15, 0.2) is 12.1 Å². The number of hydrogen-bond donors (Lipinski definition) is 2. The van der Waals surface area contributed by atoms with E-state index in [0.29, 0.717) is 6.54 Å². The first kappa shape index (κ1) is 15.4. The molecule has 0 fully saturated rings. The molecule has 0 aromatic heterocycles. The lowest BCUT2D eigenvalue weighted by atomic mass is 9.82. The van der Waals surface area contributed by atoms with Crippen LogP contribution in [0.1, 0.15) is 38.1 Å². The summed E-state index contributed by atoms with van der Waals surface area (Å²) in [5.74, 6) is -3.72. The van der Waals surface area contributed by atoms with Crippen LogP contribution in [0.25, 0.3) is 0 Å². The largest absolute Gasteiger partial charge is 0.478 e. The van der Waals surface area contributed by atoms with Crippen molar-refractivity contribution in [1.29, 1.82) is 0 Å². The monoisotopic (exact) mass is 271 g/mol. The number of carbonyl (C=O) groups is 1. The van der Waals surface area contributed by atoms with Crippen LogP contribution in [0.4, 0.5) is 14.5 Å². The Kier molecular flexibility index (Phi) is 4.50. The molecule has 1 aromatic carbocycles. The zero-order chi connectivity index (χ0) is 14.8. The Morgan fingerprint density at radius 1 is 1.32 bits per heavy atom. The van der Waals surface area contributed by atoms with Gasteiger partial charge >= 0.3 is 5.97 Å². The summed E-state index contributed by atoms with van der Waals surface area (Å²) in [6, 6.07) is 2.31. The Hall–Kier alpha value is -1.65. The molecule has 5 heteroatoms. The Bertz CT molecular complexity index is 481. The second kappa shape index (κ2) is 5.55. The van der Waals surface area contributed by atoms with Gasteiger partial charge in [0.1, 0.15) is 0 Å². The van der Waals surface area contributed by atoms with E-state index in [2.05, 4.69) is 26.1 Å². The van der Waals surface area contributed by atoms with Gasteiger partial charge in [-0.15, -0.1) is 0 Å². The Morgan fingerprint density at radius 2 is 1.89 bits per heavy atom. The molecule has 3 nitrogen and oxygen atoms in total. The fourth-order valence-electron chi connectivity index (χ4n) is 1.42. The summed E-state index contributed by atoms with van der Waals surface area (Å²) in [5, 5.41) is 11.5. The predicted octanol–water partition coefficient (Wildman–Crippen LogP) is 3.76. The van der Waals surface area contributed by atoms with E-state index in [1.54, 1.807) is 0 Å². The summed E-state index contributed by atoms with van der Waals surface area (Å²) >= 11 is 0. The van der Waals surface area contributed by atoms with Gasteiger partial charge < -0.3 is 10.4 Å². The number of anilines is 1. The average Bonchev–Trinajstić information content (AvgIpc) is 2.28. The topological polar surface area (TPSA) is 49.3 Å². The van der Waals surface area contributed by atoms with Crippen molar-refractivity contribution in [2.75, 3.05) is 11.9 Å². The zero-order valence-electron chi connectivity index (χ0n) is 11.6. The number of halogens is 2. The van der Waals surface area contributed by atoms with Crippen LogP contribution in [0.2, 0.25) is 0 Å². The van der Waals surface area contributed by atoms with Gasteiger partial charge in [-0.2, -0.15) is 0 Å². The van der Waals surface area contributed by atoms with Crippen LogP contribution in [-0.4, -0.2) is 17.6 Å². The Labute approximate surface area is 111 Å². The molecule has 0 bridgehead atoms. The fourth-order valence-corrected chi connectivity index (χ4v) is 1.42. The lowest BCUT2D eigenvalue weighted by molar-refractivity contribution is 0.0690. The quantitative estimate of drug-likeness (QED) is 0.876. The standard InChI is InChI=1S/C14H19F2NO2/c1-8(14(2,3)4)7-17-10-6-5-9(13(18)19)11(15)12(10)16/h5-6,8,17H,7H2,1-4H3,(H,18,19). The van der Waals surface area contributed by atoms with E-state index in [-0.39, 0.29) is 17.0 Å². The molecule has 0 aliphatic rings. The van der Waals surface area contributed by atoms with Crippen LogP contribution >= 0.6 is 0 Å². The minimum atomic E-state index is -1.48. The minimum Gasteiger partial charge on any atom is -0.478 e. The molecule has 0 heterocycles. The van der Waals surface area contributed by atoms with Gasteiger partial charge in [-0.05, 0) is 23.5 Å². The third-order valence-electron chi connectivity index (χ3n) is 3.39.